The quantitative estimate of drug-likeness (QED) is 0.0294. The molecule has 120 heavy (non-hydrogen) atoms. The molecule has 3 amide bonds. The van der Waals surface area contributed by atoms with E-state index in [9.17, 15) is 106 Å². The largest absolute Gasteiger partial charge is 0.394 e. The zero-order chi connectivity index (χ0) is 87.6. The molecule has 0 bridgehead atoms. The molecule has 6 heterocycles. The van der Waals surface area contributed by atoms with Gasteiger partial charge in [-0.3, -0.25) is 14.4 Å². The first-order chi connectivity index (χ1) is 57.8. The number of allylic oxidation sites excluding steroid dienone is 1. The molecular formula is C84H153N3O33. The molecule has 6 fully saturated rings. The predicted octanol–water partition coefficient (Wildman–Crippen LogP) is 0.697. The molecule has 0 aromatic rings. The first-order valence-electron chi connectivity index (χ1n) is 45.0. The highest BCUT2D eigenvalue weighted by molar-refractivity contribution is 5.76. The summed E-state index contributed by atoms with van der Waals surface area (Å²) >= 11 is 0. The van der Waals surface area contributed by atoms with Crippen molar-refractivity contribution in [2.75, 3.05) is 46.2 Å². The fraction of sp³-hybridized carbons (Fsp3) is 0.940. The number of ether oxygens (including phenoxy) is 12. The Kier molecular flexibility index (Phi) is 51.5. The number of aliphatic hydroxyl groups excluding tert-OH is 18. The van der Waals surface area contributed by atoms with Crippen LogP contribution in [0.2, 0.25) is 0 Å². The van der Waals surface area contributed by atoms with Gasteiger partial charge in [0.2, 0.25) is 17.7 Å². The molecular weight excluding hydrogens is 1580 g/mol. The Morgan fingerprint density at radius 3 is 1.04 bits per heavy atom. The summed E-state index contributed by atoms with van der Waals surface area (Å²) in [6.07, 6.45) is -9.64. The lowest BCUT2D eigenvalue weighted by Crippen LogP contribution is -2.71. The standard InChI is InChI=1S/C84H153N3O33/c1-5-7-9-11-13-15-17-19-20-21-22-23-24-25-26-27-28-30-32-34-36-38-40-42-60(97)87-52(53(96)41-39-37-35-33-31-29-18-16-14-12-10-8-6-2)49-109-81-71(106)69(104)75(59(48-93)115-81)117-84-72(107)77(65(100)56(45-90)113-84)119-79-61(85-50(3)94)67(102)74(58(47-92)114-79)116-83-73(108)78(66(101)57(46-91)112-83)120-80-62(86-51(4)95)76(64(99)55(44-89)110-80)118-82-70(105)68(103)63(98)54(43-88)111-82/h39,41,52-59,61-84,88-93,96,98-108H,5-38,40,42-49H2,1-4H3,(H,85,94)(H,86,95)(H,87,97)/b41-39+/t52-,53+,54?,55?,56?,57?,58?,59?,61?,62?,63-,64+,65-,66-,67+,68-,69+,70?,71?,72?,73?,74+,75+,76+,77-,78-,79-,80-,81+,82-,83-,84-/m0/s1. The number of hydrogen-bond acceptors (Lipinski definition) is 33. The minimum atomic E-state index is -2.26. The van der Waals surface area contributed by atoms with Gasteiger partial charge in [0.1, 0.15) is 146 Å². The molecule has 12 unspecified atom stereocenters. The van der Waals surface area contributed by atoms with E-state index in [1.807, 2.05) is 6.08 Å². The van der Waals surface area contributed by atoms with Gasteiger partial charge in [-0.15, -0.1) is 0 Å². The minimum absolute atomic E-state index is 0.176. The highest BCUT2D eigenvalue weighted by Gasteiger charge is 2.59. The zero-order valence-corrected chi connectivity index (χ0v) is 71.2. The molecule has 0 saturated carbocycles. The topological polar surface area (TPSA) is 562 Å². The third kappa shape index (κ3) is 33.9. The van der Waals surface area contributed by atoms with Gasteiger partial charge in [-0.2, -0.15) is 0 Å². The molecule has 0 aromatic heterocycles. The molecule has 21 N–H and O–H groups in total. The molecule has 0 aliphatic carbocycles. The average Bonchev–Trinajstić information content (AvgIpc) is 0.769. The summed E-state index contributed by atoms with van der Waals surface area (Å²) in [5.74, 6) is -2.05. The average molecular weight is 1730 g/mol. The molecule has 6 rings (SSSR count). The molecule has 0 spiro atoms. The molecule has 0 radical (unpaired) electrons. The third-order valence-corrected chi connectivity index (χ3v) is 23.7. The van der Waals surface area contributed by atoms with Crippen LogP contribution in [0.5, 0.6) is 0 Å². The van der Waals surface area contributed by atoms with E-state index in [1.165, 1.54) is 161 Å². The maximum absolute atomic E-state index is 13.6. The number of carbonyl (C=O) groups is 3. The monoisotopic (exact) mass is 1730 g/mol. The van der Waals surface area contributed by atoms with Crippen LogP contribution in [0.3, 0.4) is 0 Å². The SMILES string of the molecule is CCCCCCCCCCCCC/C=C/[C@@H](O)[C@H](CO[C@@H]1OC(CO)[C@@H](O[C@@H]2OC(CO)[C@H](O)[C@H](O[C@@H]3OC(CO)[C@@H](O[C@@H]4OC(CO)[C@H](O)[C@H](O[C@@H]5OC(CO)[C@@H](O)[C@H](O[C@@H]6OC(CO)[C@H](O)[C@H](O)C6O)C5NC(C)=O)C4O)[C@H](O)C3NC(C)=O)C2O)[C@H](O)C1O)NC(=O)CCCCCCCCCCCCCCCCCCCCCCCCC. The predicted molar refractivity (Wildman–Crippen MR) is 431 cm³/mol. The van der Waals surface area contributed by atoms with Crippen molar-refractivity contribution in [3.63, 3.8) is 0 Å². The van der Waals surface area contributed by atoms with Crippen LogP contribution in [-0.4, -0.2) is 352 Å². The summed E-state index contributed by atoms with van der Waals surface area (Å²) < 4.78 is 71.1. The Bertz CT molecular complexity index is 2740. The van der Waals surface area contributed by atoms with Gasteiger partial charge in [-0.05, 0) is 19.3 Å². The van der Waals surface area contributed by atoms with Gasteiger partial charge in [-0.25, -0.2) is 0 Å². The van der Waals surface area contributed by atoms with Crippen molar-refractivity contribution in [1.29, 1.82) is 0 Å². The van der Waals surface area contributed by atoms with Crippen LogP contribution >= 0.6 is 0 Å². The van der Waals surface area contributed by atoms with E-state index in [4.69, 9.17) is 56.8 Å². The molecule has 36 heteroatoms. The van der Waals surface area contributed by atoms with Crippen molar-refractivity contribution in [3.8, 4) is 0 Å². The maximum Gasteiger partial charge on any atom is 0.220 e. The van der Waals surface area contributed by atoms with E-state index in [0.29, 0.717) is 12.8 Å². The van der Waals surface area contributed by atoms with Crippen molar-refractivity contribution < 1.29 is 163 Å². The normalized spacial score (nSPS) is 35.5. The van der Waals surface area contributed by atoms with Crippen LogP contribution in [0, 0.1) is 0 Å². The molecule has 36 nitrogen and oxygen atoms in total. The van der Waals surface area contributed by atoms with E-state index >= 15 is 0 Å². The highest BCUT2D eigenvalue weighted by atomic mass is 16.8. The van der Waals surface area contributed by atoms with Crippen molar-refractivity contribution in [1.82, 2.24) is 16.0 Å². The lowest BCUT2D eigenvalue weighted by atomic mass is 9.93. The lowest BCUT2D eigenvalue weighted by molar-refractivity contribution is -0.387. The van der Waals surface area contributed by atoms with Gasteiger partial charge in [0.25, 0.3) is 0 Å². The van der Waals surface area contributed by atoms with Crippen molar-refractivity contribution in [3.05, 3.63) is 12.2 Å². The Morgan fingerprint density at radius 1 is 0.325 bits per heavy atom. The lowest BCUT2D eigenvalue weighted by Gasteiger charge is -2.51. The van der Waals surface area contributed by atoms with Crippen LogP contribution < -0.4 is 16.0 Å². The summed E-state index contributed by atoms with van der Waals surface area (Å²) in [5.41, 5.74) is 0. The van der Waals surface area contributed by atoms with E-state index in [1.54, 1.807) is 6.08 Å². The van der Waals surface area contributed by atoms with Crippen molar-refractivity contribution in [2.45, 2.75) is 455 Å². The fourth-order valence-electron chi connectivity index (χ4n) is 16.5. The Hall–Kier alpha value is -3.05. The van der Waals surface area contributed by atoms with E-state index in [0.717, 1.165) is 65.2 Å². The number of carbonyl (C=O) groups excluding carboxylic acids is 3. The Morgan fingerprint density at radius 2 is 0.633 bits per heavy atom. The van der Waals surface area contributed by atoms with Gasteiger partial charge in [-0.1, -0.05) is 231 Å². The van der Waals surface area contributed by atoms with Crippen LogP contribution in [0.25, 0.3) is 0 Å². The smallest absolute Gasteiger partial charge is 0.220 e. The second-order valence-corrected chi connectivity index (χ2v) is 33.5. The van der Waals surface area contributed by atoms with Gasteiger partial charge in [0.05, 0.1) is 58.4 Å². The summed E-state index contributed by atoms with van der Waals surface area (Å²) in [7, 11) is 0. The second kappa shape index (κ2) is 58.4. The fourth-order valence-corrected chi connectivity index (χ4v) is 16.5. The molecule has 6 saturated heterocycles. The van der Waals surface area contributed by atoms with Gasteiger partial charge in [0.15, 0.2) is 37.7 Å². The van der Waals surface area contributed by atoms with Crippen LogP contribution in [-0.2, 0) is 71.2 Å². The number of rotatable bonds is 60. The van der Waals surface area contributed by atoms with Gasteiger partial charge >= 0.3 is 0 Å². The highest BCUT2D eigenvalue weighted by Crippen LogP contribution is 2.38. The van der Waals surface area contributed by atoms with Gasteiger partial charge in [0, 0.05) is 20.3 Å². The number of hydrogen-bond donors (Lipinski definition) is 21. The summed E-state index contributed by atoms with van der Waals surface area (Å²) in [6, 6.07) is -4.67. The minimum Gasteiger partial charge on any atom is -0.394 e. The maximum atomic E-state index is 13.6. The number of aliphatic hydroxyl groups is 18. The molecule has 702 valence electrons. The summed E-state index contributed by atoms with van der Waals surface area (Å²) in [6.45, 7) is 0.0784. The second-order valence-electron chi connectivity index (χ2n) is 33.5. The zero-order valence-electron chi connectivity index (χ0n) is 71.2. The number of nitrogens with one attached hydrogen (secondary N) is 3. The Labute approximate surface area is 707 Å². The first kappa shape index (κ1) is 106. The Balaban J connectivity index is 1.05. The van der Waals surface area contributed by atoms with Crippen molar-refractivity contribution >= 4 is 17.7 Å². The number of amides is 3. The molecule has 6 aliphatic rings. The molecule has 0 aromatic carbocycles. The summed E-state index contributed by atoms with van der Waals surface area (Å²) in [4.78, 5) is 39.4. The third-order valence-electron chi connectivity index (χ3n) is 23.7. The first-order valence-corrected chi connectivity index (χ1v) is 45.0. The van der Waals surface area contributed by atoms with E-state index < -0.39 is 254 Å². The number of unbranched alkanes of at least 4 members (excludes halogenated alkanes) is 33. The van der Waals surface area contributed by atoms with Gasteiger partial charge < -0.3 is 165 Å². The summed E-state index contributed by atoms with van der Waals surface area (Å²) in [5, 5.41) is 208. The molecule has 6 aliphatic heterocycles. The van der Waals surface area contributed by atoms with Crippen LogP contribution in [0.1, 0.15) is 259 Å². The van der Waals surface area contributed by atoms with Crippen LogP contribution in [0.4, 0.5) is 0 Å². The van der Waals surface area contributed by atoms with E-state index in [2.05, 4.69) is 29.8 Å². The van der Waals surface area contributed by atoms with Crippen molar-refractivity contribution in [2.24, 2.45) is 0 Å². The molecule has 32 atom stereocenters. The van der Waals surface area contributed by atoms with Crippen LogP contribution in [0.15, 0.2) is 12.2 Å². The van der Waals surface area contributed by atoms with E-state index in [-0.39, 0.29) is 12.3 Å².